The van der Waals surface area contributed by atoms with E-state index in [1.54, 1.807) is 18.5 Å². The van der Waals surface area contributed by atoms with Gasteiger partial charge in [0.1, 0.15) is 11.6 Å². The van der Waals surface area contributed by atoms with Crippen molar-refractivity contribution in [3.63, 3.8) is 0 Å². The summed E-state index contributed by atoms with van der Waals surface area (Å²) in [6.45, 7) is 3.17. The van der Waals surface area contributed by atoms with E-state index in [9.17, 15) is 4.39 Å². The Kier molecular flexibility index (Phi) is 4.34. The second-order valence-electron chi connectivity index (χ2n) is 7.26. The minimum Gasteiger partial charge on any atom is -0.337 e. The number of aromatic amines is 2. The fourth-order valence-corrected chi connectivity index (χ4v) is 3.45. The summed E-state index contributed by atoms with van der Waals surface area (Å²) in [6.07, 6.45) is 5.86. The molecule has 9 heteroatoms. The number of H-pyrrole nitrogens is 2. The van der Waals surface area contributed by atoms with E-state index >= 15 is 0 Å². The Hall–Kier alpha value is -3.49. The number of halogens is 1. The molecule has 3 aromatic heterocycles. The monoisotopic (exact) mass is 392 g/mol. The maximum atomic E-state index is 14.0. The van der Waals surface area contributed by atoms with Crippen LogP contribution >= 0.6 is 0 Å². The van der Waals surface area contributed by atoms with Crippen LogP contribution in [0.1, 0.15) is 36.9 Å². The number of nitrogens with one attached hydrogen (secondary N) is 3. The van der Waals surface area contributed by atoms with Crippen molar-refractivity contribution in [2.45, 2.75) is 32.2 Å². The number of rotatable bonds is 7. The highest BCUT2D eigenvalue weighted by molar-refractivity contribution is 5.82. The zero-order valence-corrected chi connectivity index (χ0v) is 16.0. The standard InChI is InChI=1S/C20H21FN8/c1-2-29(11-13-7-14(21)8-17-15(13)10-23-26-17)20-22-6-5-18(25-20)24-19-9-16(27-28-19)12-3-4-12/h5-10,12H,2-4,11H2,1H3,(H,23,26)(H2,22,24,25,27,28). The SMILES string of the molecule is CCN(Cc1cc(F)cc2[nH]ncc12)c1nccc(Nc2cc(C3CC3)[nH]n2)n1. The third-order valence-electron chi connectivity index (χ3n) is 5.15. The normalized spacial score (nSPS) is 13.7. The third kappa shape index (κ3) is 3.63. The van der Waals surface area contributed by atoms with Crippen molar-refractivity contribution in [1.82, 2.24) is 30.4 Å². The van der Waals surface area contributed by atoms with E-state index < -0.39 is 0 Å². The molecular formula is C20H21FN8. The van der Waals surface area contributed by atoms with Crippen LogP contribution in [0.4, 0.5) is 22.0 Å². The van der Waals surface area contributed by atoms with Crippen LogP contribution in [0.3, 0.4) is 0 Å². The Morgan fingerprint density at radius 2 is 2.10 bits per heavy atom. The van der Waals surface area contributed by atoms with Gasteiger partial charge in [-0.25, -0.2) is 9.37 Å². The topological polar surface area (TPSA) is 98.4 Å². The van der Waals surface area contributed by atoms with Gasteiger partial charge in [0, 0.05) is 42.4 Å². The van der Waals surface area contributed by atoms with Crippen LogP contribution in [-0.2, 0) is 6.54 Å². The molecule has 1 aliphatic carbocycles. The molecule has 0 atom stereocenters. The van der Waals surface area contributed by atoms with Gasteiger partial charge in [-0.3, -0.25) is 10.2 Å². The molecule has 5 rings (SSSR count). The summed E-state index contributed by atoms with van der Waals surface area (Å²) in [5.74, 6) is 2.28. The van der Waals surface area contributed by atoms with E-state index in [1.807, 2.05) is 17.9 Å². The average molecular weight is 392 g/mol. The zero-order valence-electron chi connectivity index (χ0n) is 16.0. The molecule has 0 spiro atoms. The zero-order chi connectivity index (χ0) is 19.8. The van der Waals surface area contributed by atoms with Crippen molar-refractivity contribution >= 4 is 28.5 Å². The first kappa shape index (κ1) is 17.6. The highest BCUT2D eigenvalue weighted by Gasteiger charge is 2.25. The summed E-state index contributed by atoms with van der Waals surface area (Å²) in [6, 6.07) is 6.81. The predicted molar refractivity (Wildman–Crippen MR) is 109 cm³/mol. The third-order valence-corrected chi connectivity index (χ3v) is 5.15. The fourth-order valence-electron chi connectivity index (χ4n) is 3.45. The van der Waals surface area contributed by atoms with E-state index in [1.165, 1.54) is 25.0 Å². The lowest BCUT2D eigenvalue weighted by Crippen LogP contribution is -2.24. The number of fused-ring (bicyclic) bond motifs is 1. The van der Waals surface area contributed by atoms with Crippen LogP contribution in [0, 0.1) is 5.82 Å². The maximum absolute atomic E-state index is 14.0. The average Bonchev–Trinajstić information content (AvgIpc) is 3.28. The fraction of sp³-hybridized carbons (Fsp3) is 0.300. The lowest BCUT2D eigenvalue weighted by molar-refractivity contribution is 0.626. The molecule has 8 nitrogen and oxygen atoms in total. The van der Waals surface area contributed by atoms with Crippen molar-refractivity contribution in [1.29, 1.82) is 0 Å². The second-order valence-corrected chi connectivity index (χ2v) is 7.26. The van der Waals surface area contributed by atoms with Crippen molar-refractivity contribution in [2.24, 2.45) is 0 Å². The number of hydrogen-bond donors (Lipinski definition) is 3. The van der Waals surface area contributed by atoms with Crippen molar-refractivity contribution in [3.8, 4) is 0 Å². The molecule has 0 unspecified atom stereocenters. The van der Waals surface area contributed by atoms with Gasteiger partial charge in [0.15, 0.2) is 5.82 Å². The van der Waals surface area contributed by atoms with Gasteiger partial charge in [-0.1, -0.05) is 0 Å². The largest absolute Gasteiger partial charge is 0.337 e. The predicted octanol–water partition coefficient (Wildman–Crippen LogP) is 3.86. The second kappa shape index (κ2) is 7.16. The Balaban J connectivity index is 1.38. The lowest BCUT2D eigenvalue weighted by atomic mass is 10.1. The minimum atomic E-state index is -0.297. The van der Waals surface area contributed by atoms with E-state index in [0.29, 0.717) is 36.3 Å². The molecule has 3 N–H and O–H groups in total. The van der Waals surface area contributed by atoms with Crippen molar-refractivity contribution < 1.29 is 4.39 Å². The lowest BCUT2D eigenvalue weighted by Gasteiger charge is -2.21. The molecule has 0 bridgehead atoms. The van der Waals surface area contributed by atoms with Gasteiger partial charge in [0.25, 0.3) is 0 Å². The molecule has 1 aliphatic rings. The highest BCUT2D eigenvalue weighted by Crippen LogP contribution is 2.39. The molecule has 4 aromatic rings. The molecule has 1 fully saturated rings. The first-order valence-corrected chi connectivity index (χ1v) is 9.71. The summed E-state index contributed by atoms with van der Waals surface area (Å²) in [4.78, 5) is 11.0. The van der Waals surface area contributed by atoms with Crippen LogP contribution in [-0.4, -0.2) is 36.9 Å². The summed E-state index contributed by atoms with van der Waals surface area (Å²) >= 11 is 0. The van der Waals surface area contributed by atoms with Gasteiger partial charge in [0.2, 0.25) is 5.95 Å². The molecule has 0 radical (unpaired) electrons. The first-order chi connectivity index (χ1) is 14.2. The van der Waals surface area contributed by atoms with Gasteiger partial charge in [-0.05, 0) is 43.5 Å². The van der Waals surface area contributed by atoms with Crippen molar-refractivity contribution in [2.75, 3.05) is 16.8 Å². The van der Waals surface area contributed by atoms with Crippen LogP contribution in [0.2, 0.25) is 0 Å². The van der Waals surface area contributed by atoms with E-state index in [0.717, 1.165) is 22.5 Å². The van der Waals surface area contributed by atoms with E-state index in [-0.39, 0.29) is 5.82 Å². The van der Waals surface area contributed by atoms with Gasteiger partial charge in [-0.15, -0.1) is 0 Å². The Labute approximate surface area is 166 Å². The summed E-state index contributed by atoms with van der Waals surface area (Å²) < 4.78 is 14.0. The Bertz CT molecular complexity index is 1150. The quantitative estimate of drug-likeness (QED) is 0.442. The van der Waals surface area contributed by atoms with Gasteiger partial charge in [0.05, 0.1) is 11.7 Å². The molecular weight excluding hydrogens is 371 g/mol. The number of anilines is 3. The molecule has 1 aromatic carbocycles. The van der Waals surface area contributed by atoms with Gasteiger partial charge < -0.3 is 10.2 Å². The summed E-state index contributed by atoms with van der Waals surface area (Å²) in [5.41, 5.74) is 2.67. The summed E-state index contributed by atoms with van der Waals surface area (Å²) in [7, 11) is 0. The minimum absolute atomic E-state index is 0.297. The molecule has 3 heterocycles. The number of nitrogens with zero attached hydrogens (tertiary/aromatic N) is 5. The van der Waals surface area contributed by atoms with E-state index in [2.05, 4.69) is 35.7 Å². The van der Waals surface area contributed by atoms with Crippen molar-refractivity contribution in [3.05, 3.63) is 53.7 Å². The number of aromatic nitrogens is 6. The molecule has 1 saturated carbocycles. The molecule has 0 saturated heterocycles. The van der Waals surface area contributed by atoms with Crippen LogP contribution in [0.15, 0.2) is 36.7 Å². The molecule has 148 valence electrons. The molecule has 29 heavy (non-hydrogen) atoms. The van der Waals surface area contributed by atoms with Crippen LogP contribution in [0.5, 0.6) is 0 Å². The van der Waals surface area contributed by atoms with Crippen LogP contribution in [0.25, 0.3) is 10.9 Å². The van der Waals surface area contributed by atoms with Crippen LogP contribution < -0.4 is 10.2 Å². The Morgan fingerprint density at radius 1 is 1.21 bits per heavy atom. The van der Waals surface area contributed by atoms with E-state index in [4.69, 9.17) is 0 Å². The molecule has 0 amide bonds. The van der Waals surface area contributed by atoms with Gasteiger partial charge in [-0.2, -0.15) is 15.2 Å². The number of hydrogen-bond acceptors (Lipinski definition) is 6. The smallest absolute Gasteiger partial charge is 0.227 e. The van der Waals surface area contributed by atoms with Gasteiger partial charge >= 0.3 is 0 Å². The highest BCUT2D eigenvalue weighted by atomic mass is 19.1. The summed E-state index contributed by atoms with van der Waals surface area (Å²) in [5, 5.41) is 18.4. The molecule has 0 aliphatic heterocycles. The number of benzene rings is 1. The first-order valence-electron chi connectivity index (χ1n) is 9.71. The Morgan fingerprint density at radius 3 is 2.93 bits per heavy atom. The maximum Gasteiger partial charge on any atom is 0.227 e.